The zero-order valence-electron chi connectivity index (χ0n) is 8.47. The van der Waals surface area contributed by atoms with Gasteiger partial charge < -0.3 is 0 Å². The molecule has 16 heavy (non-hydrogen) atoms. The molecular weight excluding hydrogens is 224 g/mol. The van der Waals surface area contributed by atoms with E-state index in [0.29, 0.717) is 12.0 Å². The highest BCUT2D eigenvalue weighted by Gasteiger charge is 2.12. The predicted molar refractivity (Wildman–Crippen MR) is 59.8 cm³/mol. The number of nitrogens with one attached hydrogen (secondary N) is 1. The van der Waals surface area contributed by atoms with E-state index < -0.39 is 10.0 Å². The van der Waals surface area contributed by atoms with E-state index in [2.05, 4.69) is 10.6 Å². The molecule has 1 aromatic rings. The highest BCUT2D eigenvalue weighted by Crippen LogP contribution is 2.09. The van der Waals surface area contributed by atoms with Crippen LogP contribution in [0.25, 0.3) is 0 Å². The van der Waals surface area contributed by atoms with E-state index in [1.165, 1.54) is 24.3 Å². The van der Waals surface area contributed by atoms with Crippen LogP contribution in [-0.4, -0.2) is 15.0 Å². The zero-order valence-corrected chi connectivity index (χ0v) is 9.29. The summed E-state index contributed by atoms with van der Waals surface area (Å²) in [5.74, 6) is 2.34. The van der Waals surface area contributed by atoms with Crippen LogP contribution >= 0.6 is 0 Å². The Morgan fingerprint density at radius 1 is 1.31 bits per heavy atom. The largest absolute Gasteiger partial charge is 0.240 e. The van der Waals surface area contributed by atoms with Gasteiger partial charge in [0.1, 0.15) is 0 Å². The quantitative estimate of drug-likeness (QED) is 0.620. The lowest BCUT2D eigenvalue weighted by atomic mass is 10.2. The molecule has 0 saturated heterocycles. The Morgan fingerprint density at radius 3 is 2.44 bits per heavy atom. The van der Waals surface area contributed by atoms with Gasteiger partial charge in [-0.2, -0.15) is 5.26 Å². The van der Waals surface area contributed by atoms with E-state index in [1.807, 2.05) is 6.07 Å². The van der Waals surface area contributed by atoms with Gasteiger partial charge in [-0.05, 0) is 24.3 Å². The first-order chi connectivity index (χ1) is 7.60. The Labute approximate surface area is 95.0 Å². The van der Waals surface area contributed by atoms with E-state index in [0.717, 1.165) is 0 Å². The van der Waals surface area contributed by atoms with Gasteiger partial charge in [0.2, 0.25) is 10.0 Å². The highest BCUT2D eigenvalue weighted by atomic mass is 32.2. The lowest BCUT2D eigenvalue weighted by molar-refractivity contribution is 0.582. The van der Waals surface area contributed by atoms with Crippen molar-refractivity contribution in [3.63, 3.8) is 0 Å². The number of nitriles is 1. The number of sulfonamides is 1. The molecule has 0 amide bonds. The minimum atomic E-state index is -3.51. The Bertz CT molecular complexity index is 533. The first-order valence-corrected chi connectivity index (χ1v) is 6.02. The van der Waals surface area contributed by atoms with Crippen LogP contribution in [0, 0.1) is 23.7 Å². The van der Waals surface area contributed by atoms with E-state index in [4.69, 9.17) is 11.7 Å². The van der Waals surface area contributed by atoms with E-state index in [-0.39, 0.29) is 11.4 Å². The molecule has 0 atom stereocenters. The topological polar surface area (TPSA) is 70.0 Å². The standard InChI is InChI=1S/C11H10N2O2S/c1-2-3-8-13-16(14,15)11-6-4-10(9-12)5-7-11/h1,4-7,13H,3,8H2. The Hall–Kier alpha value is -1.82. The van der Waals surface area contributed by atoms with Crippen LogP contribution in [-0.2, 0) is 10.0 Å². The third kappa shape index (κ3) is 3.09. The second-order valence-corrected chi connectivity index (χ2v) is 4.76. The van der Waals surface area contributed by atoms with Crippen LogP contribution in [0.4, 0.5) is 0 Å². The average Bonchev–Trinajstić information content (AvgIpc) is 2.29. The summed E-state index contributed by atoms with van der Waals surface area (Å²) in [6, 6.07) is 7.60. The van der Waals surface area contributed by atoms with Crippen molar-refractivity contribution < 1.29 is 8.42 Å². The summed E-state index contributed by atoms with van der Waals surface area (Å²) < 4.78 is 25.6. The van der Waals surface area contributed by atoms with Crippen molar-refractivity contribution in [3.8, 4) is 18.4 Å². The van der Waals surface area contributed by atoms with Gasteiger partial charge in [-0.15, -0.1) is 12.3 Å². The molecule has 5 heteroatoms. The number of nitrogens with zero attached hydrogens (tertiary/aromatic N) is 1. The summed E-state index contributed by atoms with van der Waals surface area (Å²) in [4.78, 5) is 0.128. The van der Waals surface area contributed by atoms with Gasteiger partial charge >= 0.3 is 0 Å². The predicted octanol–water partition coefficient (Wildman–Crippen LogP) is 0.860. The molecule has 82 valence electrons. The van der Waals surface area contributed by atoms with Gasteiger partial charge in [-0.3, -0.25) is 0 Å². The molecule has 0 aliphatic carbocycles. The van der Waals surface area contributed by atoms with Gasteiger partial charge in [-0.25, -0.2) is 13.1 Å². The number of rotatable bonds is 4. The first-order valence-electron chi connectivity index (χ1n) is 4.53. The monoisotopic (exact) mass is 234 g/mol. The van der Waals surface area contributed by atoms with Crippen molar-refractivity contribution >= 4 is 10.0 Å². The van der Waals surface area contributed by atoms with Gasteiger partial charge in [0.25, 0.3) is 0 Å². The van der Waals surface area contributed by atoms with Crippen LogP contribution in [0.5, 0.6) is 0 Å². The number of hydrogen-bond donors (Lipinski definition) is 1. The minimum Gasteiger partial charge on any atom is -0.210 e. The fourth-order valence-corrected chi connectivity index (χ4v) is 2.08. The zero-order chi connectivity index (χ0) is 12.0. The summed E-state index contributed by atoms with van der Waals surface area (Å²) >= 11 is 0. The van der Waals surface area contributed by atoms with Crippen molar-refractivity contribution in [2.75, 3.05) is 6.54 Å². The van der Waals surface area contributed by atoms with Crippen LogP contribution in [0.1, 0.15) is 12.0 Å². The molecule has 0 unspecified atom stereocenters. The van der Waals surface area contributed by atoms with E-state index >= 15 is 0 Å². The molecule has 0 bridgehead atoms. The molecule has 0 aromatic heterocycles. The maximum Gasteiger partial charge on any atom is 0.240 e. The molecule has 0 saturated carbocycles. The van der Waals surface area contributed by atoms with Gasteiger partial charge in [-0.1, -0.05) is 0 Å². The molecule has 0 aliphatic rings. The average molecular weight is 234 g/mol. The third-order valence-electron chi connectivity index (χ3n) is 1.86. The van der Waals surface area contributed by atoms with Crippen molar-refractivity contribution in [1.29, 1.82) is 5.26 Å². The second-order valence-electron chi connectivity index (χ2n) is 2.99. The third-order valence-corrected chi connectivity index (χ3v) is 3.33. The minimum absolute atomic E-state index is 0.128. The molecule has 0 radical (unpaired) electrons. The van der Waals surface area contributed by atoms with E-state index in [1.54, 1.807) is 0 Å². The second kappa shape index (κ2) is 5.32. The fourth-order valence-electron chi connectivity index (χ4n) is 1.05. The SMILES string of the molecule is C#CCCNS(=O)(=O)c1ccc(C#N)cc1. The normalized spacial score (nSPS) is 10.4. The summed E-state index contributed by atoms with van der Waals surface area (Å²) in [6.07, 6.45) is 5.36. The van der Waals surface area contributed by atoms with E-state index in [9.17, 15) is 8.42 Å². The summed E-state index contributed by atoms with van der Waals surface area (Å²) in [6.45, 7) is 0.207. The molecule has 0 aliphatic heterocycles. The molecule has 0 heterocycles. The summed E-state index contributed by atoms with van der Waals surface area (Å²) in [7, 11) is -3.51. The first kappa shape index (κ1) is 12.3. The fraction of sp³-hybridized carbons (Fsp3) is 0.182. The van der Waals surface area contributed by atoms with Crippen LogP contribution in [0.2, 0.25) is 0 Å². The van der Waals surface area contributed by atoms with Crippen molar-refractivity contribution in [1.82, 2.24) is 4.72 Å². The lowest BCUT2D eigenvalue weighted by Crippen LogP contribution is -2.24. The van der Waals surface area contributed by atoms with Crippen molar-refractivity contribution in [3.05, 3.63) is 29.8 Å². The molecule has 4 nitrogen and oxygen atoms in total. The maximum absolute atomic E-state index is 11.6. The van der Waals surface area contributed by atoms with Crippen LogP contribution < -0.4 is 4.72 Å². The highest BCUT2D eigenvalue weighted by molar-refractivity contribution is 7.89. The molecule has 0 fully saturated rings. The molecule has 1 N–H and O–H groups in total. The Kier molecular flexibility index (Phi) is 4.07. The Balaban J connectivity index is 2.83. The Morgan fingerprint density at radius 2 is 1.94 bits per heavy atom. The van der Waals surface area contributed by atoms with Gasteiger partial charge in [0.05, 0.1) is 16.5 Å². The van der Waals surface area contributed by atoms with Crippen LogP contribution in [0.3, 0.4) is 0 Å². The lowest BCUT2D eigenvalue weighted by Gasteiger charge is -2.04. The number of terminal acetylenes is 1. The number of hydrogen-bond acceptors (Lipinski definition) is 3. The van der Waals surface area contributed by atoms with Gasteiger partial charge in [0.15, 0.2) is 0 Å². The van der Waals surface area contributed by atoms with Crippen molar-refractivity contribution in [2.24, 2.45) is 0 Å². The number of benzene rings is 1. The summed E-state index contributed by atoms with van der Waals surface area (Å²) in [5.41, 5.74) is 0.419. The smallest absolute Gasteiger partial charge is 0.210 e. The van der Waals surface area contributed by atoms with Crippen LogP contribution in [0.15, 0.2) is 29.2 Å². The molecule has 1 aromatic carbocycles. The molecule has 1 rings (SSSR count). The maximum atomic E-state index is 11.6. The summed E-state index contributed by atoms with van der Waals surface area (Å²) in [5, 5.41) is 8.57. The van der Waals surface area contributed by atoms with Crippen molar-refractivity contribution in [2.45, 2.75) is 11.3 Å². The van der Waals surface area contributed by atoms with Gasteiger partial charge in [0, 0.05) is 13.0 Å². The molecular formula is C11H10N2O2S. The molecule has 0 spiro atoms.